The van der Waals surface area contributed by atoms with Gasteiger partial charge in [0.05, 0.1) is 11.4 Å². The molecule has 1 saturated heterocycles. The van der Waals surface area contributed by atoms with Gasteiger partial charge in [-0.15, -0.1) is 0 Å². The van der Waals surface area contributed by atoms with Crippen molar-refractivity contribution in [2.24, 2.45) is 0 Å². The Labute approximate surface area is 167 Å². The molecule has 1 aromatic carbocycles. The number of carbonyl (C=O) groups is 2. The van der Waals surface area contributed by atoms with Gasteiger partial charge in [0, 0.05) is 44.0 Å². The van der Waals surface area contributed by atoms with E-state index >= 15 is 0 Å². The normalized spacial score (nSPS) is 14.6. The van der Waals surface area contributed by atoms with E-state index in [4.69, 9.17) is 5.21 Å². The van der Waals surface area contributed by atoms with Crippen LogP contribution in [0.2, 0.25) is 0 Å². The van der Waals surface area contributed by atoms with E-state index in [1.165, 1.54) is 29.8 Å². The van der Waals surface area contributed by atoms with E-state index < -0.39 is 5.91 Å². The van der Waals surface area contributed by atoms with Crippen LogP contribution in [0.3, 0.4) is 0 Å². The smallest absolute Gasteiger partial charge is 0.267 e. The Kier molecular flexibility index (Phi) is 6.70. The second-order valence-electron chi connectivity index (χ2n) is 6.42. The summed E-state index contributed by atoms with van der Waals surface area (Å²) in [6, 6.07) is 11.6. The SMILES string of the molecule is O=C(/C=C/c1cccc(/C=C/C(=O)N2CCN(c3ccc(F)cc3)CC2)n1)NO. The van der Waals surface area contributed by atoms with Crippen LogP contribution in [0.15, 0.2) is 54.6 Å². The van der Waals surface area contributed by atoms with Crippen molar-refractivity contribution in [2.45, 2.75) is 0 Å². The Bertz CT molecular complexity index is 920. The lowest BCUT2D eigenvalue weighted by molar-refractivity contribution is -0.126. The molecule has 0 bridgehead atoms. The third-order valence-corrected chi connectivity index (χ3v) is 4.49. The maximum Gasteiger partial charge on any atom is 0.267 e. The molecule has 0 aliphatic carbocycles. The minimum Gasteiger partial charge on any atom is -0.368 e. The molecule has 1 aliphatic rings. The molecule has 0 atom stereocenters. The lowest BCUT2D eigenvalue weighted by Gasteiger charge is -2.35. The highest BCUT2D eigenvalue weighted by atomic mass is 19.1. The number of hydrogen-bond donors (Lipinski definition) is 2. The van der Waals surface area contributed by atoms with Crippen molar-refractivity contribution in [1.82, 2.24) is 15.4 Å². The molecule has 2 heterocycles. The number of carbonyl (C=O) groups excluding carboxylic acids is 2. The zero-order chi connectivity index (χ0) is 20.6. The Hall–Kier alpha value is -3.52. The third-order valence-electron chi connectivity index (χ3n) is 4.49. The zero-order valence-electron chi connectivity index (χ0n) is 15.7. The first-order chi connectivity index (χ1) is 14.0. The second kappa shape index (κ2) is 9.61. The van der Waals surface area contributed by atoms with Crippen molar-refractivity contribution in [3.05, 3.63) is 71.8 Å². The molecule has 2 N–H and O–H groups in total. The van der Waals surface area contributed by atoms with Crippen molar-refractivity contribution in [3.63, 3.8) is 0 Å². The number of benzene rings is 1. The Morgan fingerprint density at radius 2 is 1.59 bits per heavy atom. The van der Waals surface area contributed by atoms with E-state index in [1.807, 2.05) is 0 Å². The average Bonchev–Trinajstić information content (AvgIpc) is 2.76. The lowest BCUT2D eigenvalue weighted by Crippen LogP contribution is -2.48. The fourth-order valence-corrected chi connectivity index (χ4v) is 2.95. The number of halogens is 1. The highest BCUT2D eigenvalue weighted by Crippen LogP contribution is 2.17. The van der Waals surface area contributed by atoms with E-state index in [2.05, 4.69) is 9.88 Å². The van der Waals surface area contributed by atoms with Gasteiger partial charge in [-0.05, 0) is 48.6 Å². The second-order valence-corrected chi connectivity index (χ2v) is 6.42. The summed E-state index contributed by atoms with van der Waals surface area (Å²) in [5, 5.41) is 8.49. The van der Waals surface area contributed by atoms with Gasteiger partial charge in [0.15, 0.2) is 0 Å². The van der Waals surface area contributed by atoms with Crippen molar-refractivity contribution in [3.8, 4) is 0 Å². The predicted molar refractivity (Wildman–Crippen MR) is 107 cm³/mol. The zero-order valence-corrected chi connectivity index (χ0v) is 15.7. The van der Waals surface area contributed by atoms with Gasteiger partial charge in [-0.3, -0.25) is 14.8 Å². The summed E-state index contributed by atoms with van der Waals surface area (Å²) in [6.45, 7) is 2.51. The number of hydrogen-bond acceptors (Lipinski definition) is 5. The summed E-state index contributed by atoms with van der Waals surface area (Å²) in [4.78, 5) is 31.7. The molecule has 29 heavy (non-hydrogen) atoms. The Balaban J connectivity index is 1.55. The summed E-state index contributed by atoms with van der Waals surface area (Å²) in [6.07, 6.45) is 5.71. The molecule has 1 aliphatic heterocycles. The van der Waals surface area contributed by atoms with Gasteiger partial charge in [0.25, 0.3) is 5.91 Å². The summed E-state index contributed by atoms with van der Waals surface area (Å²) in [5.74, 6) is -1.02. The molecule has 2 amide bonds. The van der Waals surface area contributed by atoms with Crippen molar-refractivity contribution in [1.29, 1.82) is 0 Å². The Morgan fingerprint density at radius 3 is 2.21 bits per heavy atom. The molecular weight excluding hydrogens is 375 g/mol. The molecule has 8 heteroatoms. The summed E-state index contributed by atoms with van der Waals surface area (Å²) >= 11 is 0. The monoisotopic (exact) mass is 396 g/mol. The van der Waals surface area contributed by atoms with Gasteiger partial charge in [0.2, 0.25) is 5.91 Å². The minimum absolute atomic E-state index is 0.105. The quantitative estimate of drug-likeness (QED) is 0.459. The first-order valence-corrected chi connectivity index (χ1v) is 9.12. The number of rotatable bonds is 5. The number of anilines is 1. The molecule has 3 rings (SSSR count). The fraction of sp³-hybridized carbons (Fsp3) is 0.190. The van der Waals surface area contributed by atoms with E-state index in [0.29, 0.717) is 37.6 Å². The van der Waals surface area contributed by atoms with E-state index in [0.717, 1.165) is 11.8 Å². The van der Waals surface area contributed by atoms with Gasteiger partial charge >= 0.3 is 0 Å². The van der Waals surface area contributed by atoms with Gasteiger partial charge in [-0.1, -0.05) is 6.07 Å². The van der Waals surface area contributed by atoms with Crippen LogP contribution in [0.5, 0.6) is 0 Å². The molecule has 0 saturated carbocycles. The first-order valence-electron chi connectivity index (χ1n) is 9.12. The van der Waals surface area contributed by atoms with Crippen LogP contribution >= 0.6 is 0 Å². The Morgan fingerprint density at radius 1 is 0.966 bits per heavy atom. The van der Waals surface area contributed by atoms with Crippen molar-refractivity contribution in [2.75, 3.05) is 31.1 Å². The van der Waals surface area contributed by atoms with Gasteiger partial charge in [0.1, 0.15) is 5.82 Å². The van der Waals surface area contributed by atoms with Gasteiger partial charge in [-0.25, -0.2) is 14.9 Å². The molecule has 2 aromatic rings. The van der Waals surface area contributed by atoms with Crippen LogP contribution < -0.4 is 10.4 Å². The molecule has 0 unspecified atom stereocenters. The number of aromatic nitrogens is 1. The van der Waals surface area contributed by atoms with Crippen LogP contribution in [-0.4, -0.2) is 53.1 Å². The van der Waals surface area contributed by atoms with Gasteiger partial charge in [-0.2, -0.15) is 0 Å². The van der Waals surface area contributed by atoms with Gasteiger partial charge < -0.3 is 9.80 Å². The summed E-state index contributed by atoms with van der Waals surface area (Å²) < 4.78 is 13.1. The van der Waals surface area contributed by atoms with Crippen molar-refractivity contribution >= 4 is 29.7 Å². The minimum atomic E-state index is -0.650. The molecule has 1 fully saturated rings. The molecular formula is C21H21FN4O3. The van der Waals surface area contributed by atoms with Crippen LogP contribution in [0, 0.1) is 5.82 Å². The highest BCUT2D eigenvalue weighted by molar-refractivity contribution is 5.92. The standard InChI is InChI=1S/C21H21FN4O3/c22-16-4-8-19(9-5-16)25-12-14-26(15-13-25)21(28)11-7-18-3-1-2-17(23-18)6-10-20(27)24-29/h1-11,29H,12-15H2,(H,24,27)/b10-6+,11-7+. The van der Waals surface area contributed by atoms with E-state index in [1.54, 1.807) is 41.3 Å². The predicted octanol–water partition coefficient (Wildman–Crippen LogP) is 2.10. The number of hydroxylamine groups is 1. The van der Waals surface area contributed by atoms with Crippen LogP contribution in [0.1, 0.15) is 11.4 Å². The summed E-state index contributed by atoms with van der Waals surface area (Å²) in [7, 11) is 0. The molecule has 0 spiro atoms. The molecule has 7 nitrogen and oxygen atoms in total. The fourth-order valence-electron chi connectivity index (χ4n) is 2.95. The lowest BCUT2D eigenvalue weighted by atomic mass is 10.2. The number of nitrogens with zero attached hydrogens (tertiary/aromatic N) is 3. The van der Waals surface area contributed by atoms with Crippen LogP contribution in [0.4, 0.5) is 10.1 Å². The van der Waals surface area contributed by atoms with E-state index in [9.17, 15) is 14.0 Å². The van der Waals surface area contributed by atoms with E-state index in [-0.39, 0.29) is 11.7 Å². The molecule has 0 radical (unpaired) electrons. The highest BCUT2D eigenvalue weighted by Gasteiger charge is 2.19. The average molecular weight is 396 g/mol. The number of piperazine rings is 1. The maximum absolute atomic E-state index is 13.1. The first kappa shape index (κ1) is 20.2. The molecule has 150 valence electrons. The molecule has 1 aromatic heterocycles. The number of nitrogens with one attached hydrogen (secondary N) is 1. The topological polar surface area (TPSA) is 85.8 Å². The number of pyridine rings is 1. The maximum atomic E-state index is 13.1. The third kappa shape index (κ3) is 5.73. The summed E-state index contributed by atoms with van der Waals surface area (Å²) in [5.41, 5.74) is 3.55. The van der Waals surface area contributed by atoms with Crippen LogP contribution in [0.25, 0.3) is 12.2 Å². The largest absolute Gasteiger partial charge is 0.368 e. The van der Waals surface area contributed by atoms with Crippen molar-refractivity contribution < 1.29 is 19.2 Å². The number of amides is 2. The van der Waals surface area contributed by atoms with Crippen LogP contribution in [-0.2, 0) is 9.59 Å².